The van der Waals surface area contributed by atoms with Crippen LogP contribution in [-0.2, 0) is 23.8 Å². The Bertz CT molecular complexity index is 1680. The zero-order valence-corrected chi connectivity index (χ0v) is 22.0. The molecule has 4 aromatic rings. The molecule has 0 spiro atoms. The van der Waals surface area contributed by atoms with Crippen LogP contribution in [0.2, 0.25) is 5.02 Å². The lowest BCUT2D eigenvalue weighted by Crippen LogP contribution is -2.40. The van der Waals surface area contributed by atoms with Crippen molar-refractivity contribution >= 4 is 17.6 Å². The molecule has 0 radical (unpaired) electrons. The first-order valence-electron chi connectivity index (χ1n) is 11.8. The van der Waals surface area contributed by atoms with Gasteiger partial charge in [-0.15, -0.1) is 0 Å². The molecule has 0 atom stereocenters. The fourth-order valence-electron chi connectivity index (χ4n) is 3.49. The molecule has 4 rings (SSSR count). The lowest BCUT2D eigenvalue weighted by atomic mass is 10.1. The average Bonchev–Trinajstić information content (AvgIpc) is 2.93. The molecule has 9 nitrogen and oxygen atoms in total. The SMILES string of the molecule is O=C(On1c(OCCc2ccc(Oc3ccc(Cl)c(C(F)(F)F)c3)c(F)c2)ncc(Cc2cncnc2)c1=O)C(F)(F)F. The largest absolute Gasteiger partial charge is 0.493 e. The monoisotopic (exact) mass is 632 g/mol. The summed E-state index contributed by atoms with van der Waals surface area (Å²) in [5.74, 6) is -4.40. The Kier molecular flexibility index (Phi) is 9.18. The van der Waals surface area contributed by atoms with Gasteiger partial charge in [-0.2, -0.15) is 26.3 Å². The minimum absolute atomic E-state index is 0.0478. The summed E-state index contributed by atoms with van der Waals surface area (Å²) in [6.45, 7) is -0.381. The molecule has 226 valence electrons. The minimum Gasteiger partial charge on any atom is -0.462 e. The molecule has 0 unspecified atom stereocenters. The third kappa shape index (κ3) is 7.97. The Hall–Kier alpha value is -4.73. The second kappa shape index (κ2) is 12.6. The molecule has 0 aliphatic rings. The van der Waals surface area contributed by atoms with Crippen molar-refractivity contribution in [2.75, 3.05) is 6.61 Å². The van der Waals surface area contributed by atoms with Gasteiger partial charge in [0.2, 0.25) is 0 Å². The van der Waals surface area contributed by atoms with Crippen molar-refractivity contribution in [3.8, 4) is 17.5 Å². The normalized spacial score (nSPS) is 11.7. The van der Waals surface area contributed by atoms with Gasteiger partial charge in [-0.1, -0.05) is 22.4 Å². The van der Waals surface area contributed by atoms with Gasteiger partial charge in [-0.3, -0.25) is 4.79 Å². The van der Waals surface area contributed by atoms with E-state index in [2.05, 4.69) is 19.8 Å². The van der Waals surface area contributed by atoms with Gasteiger partial charge in [0.15, 0.2) is 11.6 Å². The first-order chi connectivity index (χ1) is 20.2. The van der Waals surface area contributed by atoms with E-state index in [4.69, 9.17) is 21.1 Å². The number of carbonyl (C=O) groups is 1. The maximum atomic E-state index is 14.7. The van der Waals surface area contributed by atoms with Crippen LogP contribution in [0.5, 0.6) is 17.5 Å². The number of hydrogen-bond acceptors (Lipinski definition) is 8. The molecule has 0 bridgehead atoms. The Labute approximate surface area is 241 Å². The van der Waals surface area contributed by atoms with Crippen LogP contribution in [-0.4, -0.2) is 38.4 Å². The van der Waals surface area contributed by atoms with Crippen LogP contribution in [0.15, 0.2) is 66.1 Å². The summed E-state index contributed by atoms with van der Waals surface area (Å²) in [5, 5.41) is -0.566. The summed E-state index contributed by atoms with van der Waals surface area (Å²) >= 11 is 5.57. The van der Waals surface area contributed by atoms with Gasteiger partial charge in [0, 0.05) is 37.0 Å². The van der Waals surface area contributed by atoms with E-state index in [-0.39, 0.29) is 41.1 Å². The van der Waals surface area contributed by atoms with Crippen LogP contribution in [0.4, 0.5) is 30.7 Å². The highest BCUT2D eigenvalue weighted by Crippen LogP contribution is 2.38. The molecule has 17 heteroatoms. The second-order valence-electron chi connectivity index (χ2n) is 8.57. The number of carbonyl (C=O) groups excluding carboxylic acids is 1. The van der Waals surface area contributed by atoms with Gasteiger partial charge < -0.3 is 14.3 Å². The van der Waals surface area contributed by atoms with Crippen LogP contribution < -0.4 is 19.9 Å². The van der Waals surface area contributed by atoms with Gasteiger partial charge in [-0.05, 0) is 41.5 Å². The lowest BCUT2D eigenvalue weighted by molar-refractivity contribution is -0.201. The van der Waals surface area contributed by atoms with Crippen molar-refractivity contribution in [2.45, 2.75) is 25.2 Å². The number of nitrogens with zero attached hydrogens (tertiary/aromatic N) is 4. The summed E-state index contributed by atoms with van der Waals surface area (Å²) in [6, 6.07) is 5.35. The molecule has 2 heterocycles. The predicted molar refractivity (Wildman–Crippen MR) is 133 cm³/mol. The molecule has 2 aromatic carbocycles. The number of hydrogen-bond donors (Lipinski definition) is 0. The zero-order chi connectivity index (χ0) is 31.4. The van der Waals surface area contributed by atoms with Crippen LogP contribution in [0.25, 0.3) is 0 Å². The molecule has 0 saturated heterocycles. The Morgan fingerprint density at radius 2 is 1.67 bits per heavy atom. The number of halogens is 8. The van der Waals surface area contributed by atoms with Gasteiger partial charge in [0.05, 0.1) is 17.2 Å². The molecule has 0 saturated carbocycles. The Morgan fingerprint density at radius 3 is 2.33 bits per heavy atom. The van der Waals surface area contributed by atoms with E-state index in [0.29, 0.717) is 11.6 Å². The first-order valence-corrected chi connectivity index (χ1v) is 12.2. The summed E-state index contributed by atoms with van der Waals surface area (Å²) in [5.41, 5.74) is -1.84. The number of benzene rings is 2. The lowest BCUT2D eigenvalue weighted by Gasteiger charge is -2.14. The van der Waals surface area contributed by atoms with E-state index in [1.807, 2.05) is 0 Å². The molecule has 0 amide bonds. The van der Waals surface area contributed by atoms with Crippen molar-refractivity contribution in [1.29, 1.82) is 0 Å². The summed E-state index contributed by atoms with van der Waals surface area (Å²) in [4.78, 5) is 39.8. The van der Waals surface area contributed by atoms with E-state index in [9.17, 15) is 40.3 Å². The maximum absolute atomic E-state index is 14.7. The maximum Gasteiger partial charge on any atom is 0.493 e. The molecular weight excluding hydrogens is 617 g/mol. The highest BCUT2D eigenvalue weighted by atomic mass is 35.5. The molecule has 2 aromatic heterocycles. The third-order valence-corrected chi connectivity index (χ3v) is 5.80. The summed E-state index contributed by atoms with van der Waals surface area (Å²) in [7, 11) is 0. The predicted octanol–water partition coefficient (Wildman–Crippen LogP) is 5.37. The molecule has 0 aliphatic heterocycles. The molecule has 0 aliphatic carbocycles. The highest BCUT2D eigenvalue weighted by Gasteiger charge is 2.43. The number of ether oxygens (including phenoxy) is 2. The van der Waals surface area contributed by atoms with Gasteiger partial charge in [0.1, 0.15) is 12.1 Å². The quantitative estimate of drug-likeness (QED) is 0.227. The molecule has 0 N–H and O–H groups in total. The smallest absolute Gasteiger partial charge is 0.462 e. The van der Waals surface area contributed by atoms with Crippen molar-refractivity contribution in [2.24, 2.45) is 0 Å². The van der Waals surface area contributed by atoms with Crippen LogP contribution in [0, 0.1) is 5.82 Å². The first kappa shape index (κ1) is 31.2. The van der Waals surface area contributed by atoms with E-state index < -0.39 is 52.0 Å². The average molecular weight is 633 g/mol. The Morgan fingerprint density at radius 1 is 0.953 bits per heavy atom. The Balaban J connectivity index is 1.48. The zero-order valence-electron chi connectivity index (χ0n) is 21.2. The van der Waals surface area contributed by atoms with Gasteiger partial charge in [-0.25, -0.2) is 24.1 Å². The number of alkyl halides is 6. The van der Waals surface area contributed by atoms with Crippen molar-refractivity contribution < 1.29 is 49.8 Å². The standard InChI is InChI=1S/C26H16ClF7N4O5/c27-19-3-2-17(9-18(19)25(29,30)31)42-21-4-1-14(8-20(21)28)5-6-41-24-37-12-16(7-15-10-35-13-36-11-15)22(39)38(24)43-23(40)26(32,33)34/h1-4,8-13H,5-7H2. The molecular formula is C26H16ClF7N4O5. The van der Waals surface area contributed by atoms with Gasteiger partial charge >= 0.3 is 24.3 Å². The van der Waals surface area contributed by atoms with E-state index in [0.717, 1.165) is 30.5 Å². The van der Waals surface area contributed by atoms with Crippen molar-refractivity contribution in [3.05, 3.63) is 105 Å². The molecule has 43 heavy (non-hydrogen) atoms. The number of aromatic nitrogens is 4. The van der Waals surface area contributed by atoms with Crippen LogP contribution in [0.1, 0.15) is 22.3 Å². The van der Waals surface area contributed by atoms with Crippen molar-refractivity contribution in [3.63, 3.8) is 0 Å². The minimum atomic E-state index is -5.44. The van der Waals surface area contributed by atoms with Gasteiger partial charge in [0.25, 0.3) is 5.56 Å². The van der Waals surface area contributed by atoms with E-state index >= 15 is 0 Å². The number of rotatable bonds is 9. The second-order valence-corrected chi connectivity index (χ2v) is 8.98. The highest BCUT2D eigenvalue weighted by molar-refractivity contribution is 6.31. The van der Waals surface area contributed by atoms with E-state index in [1.54, 1.807) is 0 Å². The summed E-state index contributed by atoms with van der Waals surface area (Å²) < 4.78 is 103. The van der Waals surface area contributed by atoms with Crippen LogP contribution in [0.3, 0.4) is 0 Å². The van der Waals surface area contributed by atoms with Crippen LogP contribution >= 0.6 is 11.6 Å². The molecule has 0 fully saturated rings. The third-order valence-electron chi connectivity index (χ3n) is 5.47. The fraction of sp³-hybridized carbons (Fsp3) is 0.192. The summed E-state index contributed by atoms with van der Waals surface area (Å²) in [6.07, 6.45) is -5.51. The fourth-order valence-corrected chi connectivity index (χ4v) is 3.71. The topological polar surface area (TPSA) is 105 Å². The van der Waals surface area contributed by atoms with Crippen molar-refractivity contribution in [1.82, 2.24) is 19.7 Å². The van der Waals surface area contributed by atoms with E-state index in [1.165, 1.54) is 24.8 Å².